The van der Waals surface area contributed by atoms with Gasteiger partial charge in [0.1, 0.15) is 13.2 Å². The number of esters is 2. The Hall–Kier alpha value is -3.82. The first kappa shape index (κ1) is 26.2. The van der Waals surface area contributed by atoms with Gasteiger partial charge in [0.05, 0.1) is 13.1 Å². The Morgan fingerprint density at radius 1 is 0.750 bits per heavy atom. The molecule has 0 aromatic heterocycles. The van der Waals surface area contributed by atoms with E-state index in [2.05, 4.69) is 34.4 Å². The first-order valence-corrected chi connectivity index (χ1v) is 9.95. The Morgan fingerprint density at radius 2 is 1.16 bits per heavy atom. The average Bonchev–Trinajstić information content (AvgIpc) is 2.76. The summed E-state index contributed by atoms with van der Waals surface area (Å²) in [7, 11) is 0. The van der Waals surface area contributed by atoms with Crippen molar-refractivity contribution in [3.05, 3.63) is 59.7 Å². The van der Waals surface area contributed by atoms with Gasteiger partial charge >= 0.3 is 24.0 Å². The van der Waals surface area contributed by atoms with Crippen LogP contribution in [0.2, 0.25) is 0 Å². The second-order valence-corrected chi connectivity index (χ2v) is 6.87. The third kappa shape index (κ3) is 11.4. The van der Waals surface area contributed by atoms with E-state index in [1.165, 1.54) is 0 Å². The third-order valence-corrected chi connectivity index (χ3v) is 3.84. The highest BCUT2D eigenvalue weighted by Gasteiger charge is 2.06. The molecule has 0 bridgehead atoms. The Kier molecular flexibility index (Phi) is 11.7. The first-order chi connectivity index (χ1) is 15.2. The summed E-state index contributed by atoms with van der Waals surface area (Å²) in [6.07, 6.45) is 0. The summed E-state index contributed by atoms with van der Waals surface area (Å²) in [6.45, 7) is 11.1. The molecule has 10 nitrogen and oxygen atoms in total. The molecule has 0 saturated heterocycles. The predicted molar refractivity (Wildman–Crippen MR) is 118 cm³/mol. The zero-order chi connectivity index (χ0) is 23.9. The number of ether oxygens (including phenoxy) is 2. The van der Waals surface area contributed by atoms with E-state index in [-0.39, 0.29) is 39.4 Å². The van der Waals surface area contributed by atoms with E-state index in [0.29, 0.717) is 11.1 Å². The van der Waals surface area contributed by atoms with Gasteiger partial charge in [0.15, 0.2) is 0 Å². The number of carbonyl (C=O) groups excluding carboxylic acids is 4. The van der Waals surface area contributed by atoms with E-state index in [4.69, 9.17) is 9.47 Å². The molecule has 4 amide bonds. The van der Waals surface area contributed by atoms with Gasteiger partial charge in [-0.1, -0.05) is 37.4 Å². The van der Waals surface area contributed by atoms with Gasteiger partial charge in [-0.2, -0.15) is 0 Å². The maximum Gasteiger partial charge on any atom is 0.333 e. The molecule has 0 saturated carbocycles. The van der Waals surface area contributed by atoms with Gasteiger partial charge < -0.3 is 30.7 Å². The Balaban J connectivity index is 2.27. The van der Waals surface area contributed by atoms with Crippen molar-refractivity contribution in [3.63, 3.8) is 0 Å². The van der Waals surface area contributed by atoms with Gasteiger partial charge in [0.25, 0.3) is 0 Å². The van der Waals surface area contributed by atoms with Crippen LogP contribution in [-0.4, -0.2) is 50.3 Å². The largest absolute Gasteiger partial charge is 0.460 e. The molecule has 10 heteroatoms. The first-order valence-electron chi connectivity index (χ1n) is 9.95. The lowest BCUT2D eigenvalue weighted by Gasteiger charge is -2.11. The van der Waals surface area contributed by atoms with Crippen molar-refractivity contribution in [1.29, 1.82) is 0 Å². The van der Waals surface area contributed by atoms with E-state index in [9.17, 15) is 19.2 Å². The molecule has 1 aromatic carbocycles. The highest BCUT2D eigenvalue weighted by atomic mass is 16.5. The van der Waals surface area contributed by atoms with E-state index < -0.39 is 24.0 Å². The van der Waals surface area contributed by atoms with Crippen LogP contribution in [0.1, 0.15) is 25.0 Å². The molecule has 0 radical (unpaired) electrons. The van der Waals surface area contributed by atoms with Gasteiger partial charge in [0, 0.05) is 24.2 Å². The zero-order valence-electron chi connectivity index (χ0n) is 18.4. The topological polar surface area (TPSA) is 135 Å². The van der Waals surface area contributed by atoms with Crippen molar-refractivity contribution < 1.29 is 28.7 Å². The zero-order valence-corrected chi connectivity index (χ0v) is 18.4. The molecule has 0 aliphatic rings. The molecule has 0 aliphatic heterocycles. The molecular formula is C22H30N4O6. The molecule has 32 heavy (non-hydrogen) atoms. The molecule has 0 heterocycles. The number of urea groups is 2. The quantitative estimate of drug-likeness (QED) is 0.218. The number of hydrogen-bond donors (Lipinski definition) is 4. The van der Waals surface area contributed by atoms with E-state index >= 15 is 0 Å². The average molecular weight is 447 g/mol. The molecule has 0 spiro atoms. The minimum absolute atomic E-state index is 0.0542. The fraction of sp³-hybridized carbons (Fsp3) is 0.364. The molecule has 0 fully saturated rings. The van der Waals surface area contributed by atoms with Gasteiger partial charge in [0.2, 0.25) is 0 Å². The standard InChI is InChI=1S/C22H30N4O6/c1-15(2)19(27)31-10-8-23-21(29)25-13-17-6-5-7-18(12-17)14-26-22(30)24-9-11-32-20(28)16(3)4/h5-7,12H,1,3,8-11,13-14H2,2,4H3,(H2,23,25,29)(H2,24,26,30). The molecule has 0 atom stereocenters. The lowest BCUT2D eigenvalue weighted by atomic mass is 10.1. The van der Waals surface area contributed by atoms with E-state index in [1.807, 2.05) is 24.3 Å². The van der Waals surface area contributed by atoms with Crippen molar-refractivity contribution in [2.24, 2.45) is 0 Å². The maximum atomic E-state index is 11.8. The molecule has 1 rings (SSSR count). The van der Waals surface area contributed by atoms with Crippen LogP contribution in [0.4, 0.5) is 9.59 Å². The molecule has 4 N–H and O–H groups in total. The second-order valence-electron chi connectivity index (χ2n) is 6.87. The summed E-state index contributed by atoms with van der Waals surface area (Å²) < 4.78 is 9.77. The lowest BCUT2D eigenvalue weighted by molar-refractivity contribution is -0.139. The summed E-state index contributed by atoms with van der Waals surface area (Å²) >= 11 is 0. The highest BCUT2D eigenvalue weighted by Crippen LogP contribution is 2.05. The Morgan fingerprint density at radius 3 is 1.53 bits per heavy atom. The van der Waals surface area contributed by atoms with Crippen molar-refractivity contribution >= 4 is 24.0 Å². The smallest absolute Gasteiger partial charge is 0.333 e. The van der Waals surface area contributed by atoms with Crippen molar-refractivity contribution in [2.75, 3.05) is 26.3 Å². The monoisotopic (exact) mass is 446 g/mol. The van der Waals surface area contributed by atoms with Gasteiger partial charge in [-0.25, -0.2) is 19.2 Å². The molecule has 174 valence electrons. The number of rotatable bonds is 12. The maximum absolute atomic E-state index is 11.8. The van der Waals surface area contributed by atoms with Crippen molar-refractivity contribution in [2.45, 2.75) is 26.9 Å². The summed E-state index contributed by atoms with van der Waals surface area (Å²) in [6, 6.07) is 6.56. The Bertz CT molecular complexity index is 787. The number of nitrogens with one attached hydrogen (secondary N) is 4. The molecule has 0 aliphatic carbocycles. The van der Waals surface area contributed by atoms with E-state index in [1.54, 1.807) is 13.8 Å². The summed E-state index contributed by atoms with van der Waals surface area (Å²) in [5, 5.41) is 10.6. The minimum Gasteiger partial charge on any atom is -0.460 e. The molecular weight excluding hydrogens is 416 g/mol. The lowest BCUT2D eigenvalue weighted by Crippen LogP contribution is -2.37. The van der Waals surface area contributed by atoms with Crippen molar-refractivity contribution in [1.82, 2.24) is 21.3 Å². The fourth-order valence-electron chi connectivity index (χ4n) is 2.20. The highest BCUT2D eigenvalue weighted by molar-refractivity contribution is 5.87. The summed E-state index contributed by atoms with van der Waals surface area (Å²) in [5.74, 6) is -1.00. The predicted octanol–water partition coefficient (Wildman–Crippen LogP) is 1.52. The van der Waals surface area contributed by atoms with Gasteiger partial charge in [-0.05, 0) is 25.0 Å². The minimum atomic E-state index is -0.502. The normalized spacial score (nSPS) is 9.81. The van der Waals surface area contributed by atoms with Crippen LogP contribution in [0.5, 0.6) is 0 Å². The van der Waals surface area contributed by atoms with Crippen LogP contribution in [0.3, 0.4) is 0 Å². The van der Waals surface area contributed by atoms with E-state index in [0.717, 1.165) is 11.1 Å². The number of hydrogen-bond acceptors (Lipinski definition) is 6. The van der Waals surface area contributed by atoms with Crippen molar-refractivity contribution in [3.8, 4) is 0 Å². The fourth-order valence-corrected chi connectivity index (χ4v) is 2.20. The van der Waals surface area contributed by atoms with Crippen LogP contribution in [0.25, 0.3) is 0 Å². The second kappa shape index (κ2) is 14.2. The SMILES string of the molecule is C=C(C)C(=O)OCCNC(=O)NCc1cccc(CNC(=O)NCCOC(=O)C(=C)C)c1. The number of carbonyl (C=O) groups is 4. The van der Waals surface area contributed by atoms with Gasteiger partial charge in [-0.3, -0.25) is 0 Å². The van der Waals surface area contributed by atoms with Crippen LogP contribution >= 0.6 is 0 Å². The van der Waals surface area contributed by atoms with Crippen LogP contribution in [0.15, 0.2) is 48.6 Å². The van der Waals surface area contributed by atoms with Gasteiger partial charge in [-0.15, -0.1) is 0 Å². The number of amides is 4. The molecule has 1 aromatic rings. The third-order valence-electron chi connectivity index (χ3n) is 3.84. The van der Waals surface area contributed by atoms with Crippen LogP contribution in [-0.2, 0) is 32.2 Å². The Labute approximate surface area is 187 Å². The molecule has 0 unspecified atom stereocenters. The number of benzene rings is 1. The summed E-state index contributed by atoms with van der Waals surface area (Å²) in [5.41, 5.74) is 2.29. The van der Waals surface area contributed by atoms with Crippen LogP contribution < -0.4 is 21.3 Å². The van der Waals surface area contributed by atoms with Crippen LogP contribution in [0, 0.1) is 0 Å². The summed E-state index contributed by atoms with van der Waals surface area (Å²) in [4.78, 5) is 46.1.